The number of amides is 2. The Balaban J connectivity index is 1.49. The highest BCUT2D eigenvalue weighted by Gasteiger charge is 2.27. The molecule has 0 saturated carbocycles. The lowest BCUT2D eigenvalue weighted by molar-refractivity contribution is -0.118. The maximum atomic E-state index is 13.0. The Kier molecular flexibility index (Phi) is 4.58. The molecule has 0 radical (unpaired) electrons. The Labute approximate surface area is 156 Å². The molecule has 0 bridgehead atoms. The minimum Gasteiger partial charge on any atom is -0.368 e. The number of hydrogen-bond donors (Lipinski definition) is 1. The number of para-hydroxylation sites is 1. The van der Waals surface area contributed by atoms with Crippen LogP contribution in [0, 0.1) is 0 Å². The predicted octanol–water partition coefficient (Wildman–Crippen LogP) is 1.94. The van der Waals surface area contributed by atoms with Gasteiger partial charge in [-0.1, -0.05) is 18.2 Å². The average molecular weight is 363 g/mol. The zero-order valence-corrected chi connectivity index (χ0v) is 14.9. The van der Waals surface area contributed by atoms with Crippen molar-refractivity contribution in [2.24, 2.45) is 5.73 Å². The molecule has 27 heavy (non-hydrogen) atoms. The van der Waals surface area contributed by atoms with Crippen LogP contribution in [0.15, 0.2) is 48.9 Å². The summed E-state index contributed by atoms with van der Waals surface area (Å²) in [6, 6.07) is 9.48. The van der Waals surface area contributed by atoms with Crippen molar-refractivity contribution < 1.29 is 9.59 Å². The van der Waals surface area contributed by atoms with E-state index in [1.54, 1.807) is 29.2 Å². The van der Waals surface area contributed by atoms with Gasteiger partial charge in [0.1, 0.15) is 12.4 Å². The van der Waals surface area contributed by atoms with Gasteiger partial charge in [0, 0.05) is 43.0 Å². The second-order valence-corrected chi connectivity index (χ2v) is 6.82. The number of carbonyl (C=O) groups is 2. The van der Waals surface area contributed by atoms with Crippen LogP contribution in [0.3, 0.4) is 0 Å². The molecule has 3 heterocycles. The van der Waals surface area contributed by atoms with E-state index in [9.17, 15) is 9.59 Å². The number of piperidine rings is 1. The summed E-state index contributed by atoms with van der Waals surface area (Å²) in [6.07, 6.45) is 6.78. The lowest BCUT2D eigenvalue weighted by Gasteiger charge is -2.32. The topological polar surface area (TPSA) is 94.1 Å². The summed E-state index contributed by atoms with van der Waals surface area (Å²) in [5.74, 6) is 0.742. The molecule has 138 valence electrons. The molecule has 2 amide bonds. The number of nitrogens with two attached hydrogens (primary N) is 1. The highest BCUT2D eigenvalue weighted by molar-refractivity contribution is 6.06. The van der Waals surface area contributed by atoms with Crippen LogP contribution in [0.5, 0.6) is 0 Å². The van der Waals surface area contributed by atoms with E-state index in [4.69, 9.17) is 5.73 Å². The fraction of sp³-hybridized carbons (Fsp3) is 0.300. The molecule has 7 nitrogen and oxygen atoms in total. The summed E-state index contributed by atoms with van der Waals surface area (Å²) >= 11 is 0. The van der Waals surface area contributed by atoms with Gasteiger partial charge in [0.2, 0.25) is 5.91 Å². The van der Waals surface area contributed by atoms with Crippen LogP contribution in [0.2, 0.25) is 0 Å². The van der Waals surface area contributed by atoms with E-state index >= 15 is 0 Å². The Morgan fingerprint density at radius 3 is 2.63 bits per heavy atom. The number of hydrogen-bond acceptors (Lipinski definition) is 4. The van der Waals surface area contributed by atoms with Gasteiger partial charge in [0.25, 0.3) is 5.91 Å². The molecule has 1 aromatic carbocycles. The lowest BCUT2D eigenvalue weighted by atomic mass is 9.95. The fourth-order valence-corrected chi connectivity index (χ4v) is 3.78. The molecule has 2 N–H and O–H groups in total. The first-order valence-corrected chi connectivity index (χ1v) is 9.06. The predicted molar refractivity (Wildman–Crippen MR) is 101 cm³/mol. The third-order valence-electron chi connectivity index (χ3n) is 5.10. The maximum Gasteiger partial charge on any atom is 0.254 e. The van der Waals surface area contributed by atoms with Crippen LogP contribution in [-0.2, 0) is 11.3 Å². The van der Waals surface area contributed by atoms with Gasteiger partial charge in [0.15, 0.2) is 0 Å². The monoisotopic (exact) mass is 363 g/mol. The van der Waals surface area contributed by atoms with Crippen molar-refractivity contribution in [2.75, 3.05) is 13.1 Å². The lowest BCUT2D eigenvalue weighted by Crippen LogP contribution is -2.38. The second kappa shape index (κ2) is 7.19. The van der Waals surface area contributed by atoms with Crippen molar-refractivity contribution in [3.8, 4) is 0 Å². The van der Waals surface area contributed by atoms with Gasteiger partial charge in [-0.2, -0.15) is 0 Å². The molecule has 0 aliphatic carbocycles. The van der Waals surface area contributed by atoms with E-state index in [0.29, 0.717) is 18.7 Å². The van der Waals surface area contributed by atoms with Crippen LogP contribution in [0.4, 0.5) is 0 Å². The summed E-state index contributed by atoms with van der Waals surface area (Å²) in [6.45, 7) is 1.45. The number of aromatic nitrogens is 3. The number of pyridine rings is 1. The summed E-state index contributed by atoms with van der Waals surface area (Å²) < 4.78 is 1.81. The summed E-state index contributed by atoms with van der Waals surface area (Å²) in [7, 11) is 0. The molecular formula is C20H21N5O2. The smallest absolute Gasteiger partial charge is 0.254 e. The number of carbonyl (C=O) groups excluding carboxylic acids is 2. The molecule has 1 aliphatic rings. The SMILES string of the molecule is NC(=O)Cn1ccnc1C1CCN(C(=O)c2ccnc3ccccc23)CC1. The van der Waals surface area contributed by atoms with E-state index in [2.05, 4.69) is 9.97 Å². The normalized spacial score (nSPS) is 15.2. The van der Waals surface area contributed by atoms with Crippen molar-refractivity contribution in [1.82, 2.24) is 19.4 Å². The van der Waals surface area contributed by atoms with Gasteiger partial charge in [-0.15, -0.1) is 0 Å². The highest BCUT2D eigenvalue weighted by atomic mass is 16.2. The largest absolute Gasteiger partial charge is 0.368 e. The van der Waals surface area contributed by atoms with Gasteiger partial charge < -0.3 is 15.2 Å². The average Bonchev–Trinajstić information content (AvgIpc) is 3.14. The molecule has 3 aromatic rings. The molecule has 1 fully saturated rings. The zero-order valence-electron chi connectivity index (χ0n) is 14.9. The molecule has 7 heteroatoms. The minimum atomic E-state index is -0.383. The Bertz CT molecular complexity index is 983. The van der Waals surface area contributed by atoms with Crippen molar-refractivity contribution >= 4 is 22.7 Å². The standard InChI is InChI=1S/C20H21N5O2/c21-18(26)13-25-12-9-23-19(25)14-6-10-24(11-7-14)20(27)16-5-8-22-17-4-2-1-3-15(16)17/h1-5,8-9,12,14H,6-7,10-11,13H2,(H2,21,26). The van der Waals surface area contributed by atoms with Crippen LogP contribution >= 0.6 is 0 Å². The molecule has 1 saturated heterocycles. The quantitative estimate of drug-likeness (QED) is 0.766. The van der Waals surface area contributed by atoms with Gasteiger partial charge in [-0.05, 0) is 25.0 Å². The van der Waals surface area contributed by atoms with Gasteiger partial charge >= 0.3 is 0 Å². The van der Waals surface area contributed by atoms with Crippen LogP contribution in [0.25, 0.3) is 10.9 Å². The first kappa shape index (κ1) is 17.2. The third kappa shape index (κ3) is 3.40. The van der Waals surface area contributed by atoms with Gasteiger partial charge in [0.05, 0.1) is 11.1 Å². The van der Waals surface area contributed by atoms with Crippen LogP contribution in [0.1, 0.15) is 34.9 Å². The first-order valence-electron chi connectivity index (χ1n) is 9.06. The minimum absolute atomic E-state index is 0.0347. The number of rotatable bonds is 4. The maximum absolute atomic E-state index is 13.0. The van der Waals surface area contributed by atoms with E-state index in [1.807, 2.05) is 29.2 Å². The number of nitrogens with zero attached hydrogens (tertiary/aromatic N) is 4. The number of fused-ring (bicyclic) bond motifs is 1. The summed E-state index contributed by atoms with van der Waals surface area (Å²) in [5, 5.41) is 0.879. The van der Waals surface area contributed by atoms with E-state index in [-0.39, 0.29) is 24.3 Å². The number of benzene rings is 1. The number of likely N-dealkylation sites (tertiary alicyclic amines) is 1. The Hall–Kier alpha value is -3.22. The molecule has 1 aliphatic heterocycles. The molecule has 2 aromatic heterocycles. The van der Waals surface area contributed by atoms with Crippen molar-refractivity contribution in [3.05, 3.63) is 60.3 Å². The number of imidazole rings is 1. The third-order valence-corrected chi connectivity index (χ3v) is 5.10. The first-order chi connectivity index (χ1) is 13.1. The van der Waals surface area contributed by atoms with Crippen molar-refractivity contribution in [1.29, 1.82) is 0 Å². The second-order valence-electron chi connectivity index (χ2n) is 6.82. The zero-order chi connectivity index (χ0) is 18.8. The molecule has 0 atom stereocenters. The van der Waals surface area contributed by atoms with Crippen LogP contribution < -0.4 is 5.73 Å². The Morgan fingerprint density at radius 1 is 1.07 bits per heavy atom. The summed E-state index contributed by atoms with van der Waals surface area (Å²) in [4.78, 5) is 34.9. The molecule has 0 unspecified atom stereocenters. The van der Waals surface area contributed by atoms with Crippen LogP contribution in [-0.4, -0.2) is 44.3 Å². The van der Waals surface area contributed by atoms with E-state index in [0.717, 1.165) is 29.6 Å². The molecule has 0 spiro atoms. The van der Waals surface area contributed by atoms with Crippen molar-refractivity contribution in [3.63, 3.8) is 0 Å². The number of primary amides is 1. The molecular weight excluding hydrogens is 342 g/mol. The van der Waals surface area contributed by atoms with E-state index < -0.39 is 0 Å². The highest BCUT2D eigenvalue weighted by Crippen LogP contribution is 2.28. The summed E-state index contributed by atoms with van der Waals surface area (Å²) in [5.41, 5.74) is 6.82. The van der Waals surface area contributed by atoms with E-state index in [1.165, 1.54) is 0 Å². The fourth-order valence-electron chi connectivity index (χ4n) is 3.78. The Morgan fingerprint density at radius 2 is 1.85 bits per heavy atom. The molecule has 4 rings (SSSR count). The van der Waals surface area contributed by atoms with Crippen molar-refractivity contribution in [2.45, 2.75) is 25.3 Å². The van der Waals surface area contributed by atoms with Gasteiger partial charge in [-0.25, -0.2) is 4.98 Å². The van der Waals surface area contributed by atoms with Gasteiger partial charge in [-0.3, -0.25) is 14.6 Å².